The van der Waals surface area contributed by atoms with Crippen molar-refractivity contribution in [3.8, 4) is 0 Å². The lowest BCUT2D eigenvalue weighted by molar-refractivity contribution is 0.651. The van der Waals surface area contributed by atoms with Crippen molar-refractivity contribution >= 4 is 21.6 Å². The van der Waals surface area contributed by atoms with E-state index in [-0.39, 0.29) is 6.04 Å². The van der Waals surface area contributed by atoms with E-state index in [4.69, 9.17) is 5.73 Å². The predicted octanol–water partition coefficient (Wildman–Crippen LogP) is 1.69. The molecule has 0 radical (unpaired) electrons. The average Bonchev–Trinajstić information content (AvgIpc) is 2.68. The fourth-order valence-corrected chi connectivity index (χ4v) is 2.40. The molecule has 0 saturated carbocycles. The molecule has 18 heavy (non-hydrogen) atoms. The third kappa shape index (κ3) is 2.39. The lowest BCUT2D eigenvalue weighted by Gasteiger charge is -2.17. The van der Waals surface area contributed by atoms with Crippen LogP contribution in [-0.2, 0) is 7.05 Å². The minimum atomic E-state index is -0.251. The Morgan fingerprint density at radius 2 is 2.11 bits per heavy atom. The number of hydrogen-bond donors (Lipinski definition) is 1. The Balaban J connectivity index is 2.40. The Hall–Kier alpha value is -1.40. The molecule has 0 amide bonds. The van der Waals surface area contributed by atoms with Gasteiger partial charge in [-0.05, 0) is 33.6 Å². The van der Waals surface area contributed by atoms with Gasteiger partial charge in [-0.3, -0.25) is 0 Å². The van der Waals surface area contributed by atoms with Crippen LogP contribution in [0.2, 0.25) is 0 Å². The summed E-state index contributed by atoms with van der Waals surface area (Å²) >= 11 is 3.38. The van der Waals surface area contributed by atoms with Crippen LogP contribution in [0.5, 0.6) is 0 Å². The van der Waals surface area contributed by atoms with Crippen LogP contribution < -0.4 is 10.6 Å². The third-order valence-electron chi connectivity index (χ3n) is 2.87. The number of aryl methyl sites for hydroxylation is 1. The summed E-state index contributed by atoms with van der Waals surface area (Å²) in [5.41, 5.74) is 9.30. The number of anilines is 1. The summed E-state index contributed by atoms with van der Waals surface area (Å²) in [6, 6.07) is 7.88. The largest absolute Gasteiger partial charge is 0.378 e. The van der Waals surface area contributed by atoms with Crippen molar-refractivity contribution in [3.63, 3.8) is 0 Å². The molecular weight excluding hydrogens is 294 g/mol. The maximum absolute atomic E-state index is 6.28. The molecule has 0 aliphatic heterocycles. The molecule has 2 N–H and O–H groups in total. The molecule has 0 spiro atoms. The van der Waals surface area contributed by atoms with E-state index in [1.165, 1.54) is 0 Å². The highest BCUT2D eigenvalue weighted by Gasteiger charge is 2.18. The lowest BCUT2D eigenvalue weighted by atomic mass is 10.0. The molecule has 96 valence electrons. The lowest BCUT2D eigenvalue weighted by Crippen LogP contribution is -2.17. The van der Waals surface area contributed by atoms with Crippen molar-refractivity contribution in [1.82, 2.24) is 15.0 Å². The van der Waals surface area contributed by atoms with Gasteiger partial charge in [0.15, 0.2) is 4.60 Å². The molecule has 1 atom stereocenters. The van der Waals surface area contributed by atoms with Crippen LogP contribution in [0, 0.1) is 0 Å². The van der Waals surface area contributed by atoms with Crippen LogP contribution in [0.1, 0.15) is 17.3 Å². The van der Waals surface area contributed by atoms with Gasteiger partial charge in [-0.25, -0.2) is 4.68 Å². The Morgan fingerprint density at radius 1 is 1.39 bits per heavy atom. The van der Waals surface area contributed by atoms with Gasteiger partial charge in [-0.2, -0.15) is 0 Å². The molecule has 1 aromatic carbocycles. The molecule has 0 aliphatic rings. The Bertz CT molecular complexity index is 530. The second-order valence-corrected chi connectivity index (χ2v) is 5.11. The van der Waals surface area contributed by atoms with Crippen molar-refractivity contribution in [3.05, 3.63) is 40.1 Å². The van der Waals surface area contributed by atoms with Gasteiger partial charge < -0.3 is 10.6 Å². The van der Waals surface area contributed by atoms with Crippen LogP contribution in [0.4, 0.5) is 5.69 Å². The van der Waals surface area contributed by atoms with Gasteiger partial charge in [-0.15, -0.1) is 5.10 Å². The first-order valence-corrected chi connectivity index (χ1v) is 6.38. The summed E-state index contributed by atoms with van der Waals surface area (Å²) < 4.78 is 2.38. The number of hydrogen-bond acceptors (Lipinski definition) is 4. The van der Waals surface area contributed by atoms with Crippen molar-refractivity contribution in [2.24, 2.45) is 12.8 Å². The van der Waals surface area contributed by atoms with Gasteiger partial charge in [0.1, 0.15) is 0 Å². The second kappa shape index (κ2) is 5.07. The first kappa shape index (κ1) is 13.0. The standard InChI is InChI=1S/C12H16BrN5/c1-17(2)9-6-4-5-8(7-9)10(14)11-12(13)15-16-18(11)3/h4-7,10H,14H2,1-3H3. The van der Waals surface area contributed by atoms with Crippen LogP contribution in [0.25, 0.3) is 0 Å². The number of nitrogens with zero attached hydrogens (tertiary/aromatic N) is 4. The minimum absolute atomic E-state index is 0.251. The smallest absolute Gasteiger partial charge is 0.153 e. The number of aromatic nitrogens is 3. The molecule has 0 saturated heterocycles. The highest BCUT2D eigenvalue weighted by atomic mass is 79.9. The summed E-state index contributed by atoms with van der Waals surface area (Å²) in [5, 5.41) is 7.91. The Kier molecular flexibility index (Phi) is 3.68. The van der Waals surface area contributed by atoms with Gasteiger partial charge in [0, 0.05) is 26.8 Å². The monoisotopic (exact) mass is 309 g/mol. The normalized spacial score (nSPS) is 12.5. The minimum Gasteiger partial charge on any atom is -0.378 e. The van der Waals surface area contributed by atoms with Crippen LogP contribution in [0.3, 0.4) is 0 Å². The van der Waals surface area contributed by atoms with E-state index in [2.05, 4.69) is 32.3 Å². The molecule has 5 nitrogen and oxygen atoms in total. The molecule has 1 heterocycles. The highest BCUT2D eigenvalue weighted by molar-refractivity contribution is 9.10. The first-order valence-electron chi connectivity index (χ1n) is 5.58. The molecule has 1 unspecified atom stereocenters. The van der Waals surface area contributed by atoms with E-state index in [0.29, 0.717) is 4.60 Å². The Morgan fingerprint density at radius 3 is 2.67 bits per heavy atom. The number of nitrogens with two attached hydrogens (primary N) is 1. The van der Waals surface area contributed by atoms with Crippen LogP contribution in [-0.4, -0.2) is 29.1 Å². The molecule has 1 aromatic heterocycles. The SMILES string of the molecule is CN(C)c1cccc(C(N)c2c(Br)nnn2C)c1. The average molecular weight is 310 g/mol. The van der Waals surface area contributed by atoms with Gasteiger partial charge in [0.2, 0.25) is 0 Å². The van der Waals surface area contributed by atoms with E-state index in [1.54, 1.807) is 4.68 Å². The second-order valence-electron chi connectivity index (χ2n) is 4.36. The molecule has 6 heteroatoms. The predicted molar refractivity (Wildman–Crippen MR) is 75.5 cm³/mol. The summed E-state index contributed by atoms with van der Waals surface area (Å²) in [6.45, 7) is 0. The van der Waals surface area contributed by atoms with Gasteiger partial charge in [-0.1, -0.05) is 17.3 Å². The molecule has 0 aliphatic carbocycles. The van der Waals surface area contributed by atoms with Gasteiger partial charge >= 0.3 is 0 Å². The maximum atomic E-state index is 6.28. The topological polar surface area (TPSA) is 60.0 Å². The third-order valence-corrected chi connectivity index (χ3v) is 3.43. The van der Waals surface area contributed by atoms with Crippen molar-refractivity contribution < 1.29 is 0 Å². The quantitative estimate of drug-likeness (QED) is 0.937. The fraction of sp³-hybridized carbons (Fsp3) is 0.333. The number of halogens is 1. The summed E-state index contributed by atoms with van der Waals surface area (Å²) in [4.78, 5) is 2.05. The zero-order valence-corrected chi connectivity index (χ0v) is 12.2. The maximum Gasteiger partial charge on any atom is 0.153 e. The summed E-state index contributed by atoms with van der Waals surface area (Å²) in [6.07, 6.45) is 0. The number of rotatable bonds is 3. The van der Waals surface area contributed by atoms with Crippen molar-refractivity contribution in [1.29, 1.82) is 0 Å². The van der Waals surface area contributed by atoms with E-state index in [9.17, 15) is 0 Å². The van der Waals surface area contributed by atoms with Gasteiger partial charge in [0.25, 0.3) is 0 Å². The van der Waals surface area contributed by atoms with Crippen molar-refractivity contribution in [2.75, 3.05) is 19.0 Å². The first-order chi connectivity index (χ1) is 8.50. The molecule has 0 bridgehead atoms. The van der Waals surface area contributed by atoms with E-state index in [1.807, 2.05) is 44.2 Å². The van der Waals surface area contributed by atoms with Crippen molar-refractivity contribution in [2.45, 2.75) is 6.04 Å². The molecule has 2 aromatic rings. The molecule has 2 rings (SSSR count). The molecular formula is C12H16BrN5. The van der Waals surface area contributed by atoms with E-state index < -0.39 is 0 Å². The van der Waals surface area contributed by atoms with E-state index >= 15 is 0 Å². The summed E-state index contributed by atoms with van der Waals surface area (Å²) in [5.74, 6) is 0. The van der Waals surface area contributed by atoms with Crippen LogP contribution in [0.15, 0.2) is 28.9 Å². The number of benzene rings is 1. The zero-order valence-electron chi connectivity index (χ0n) is 10.6. The van der Waals surface area contributed by atoms with Crippen LogP contribution >= 0.6 is 15.9 Å². The van der Waals surface area contributed by atoms with Gasteiger partial charge in [0.05, 0.1) is 11.7 Å². The highest BCUT2D eigenvalue weighted by Crippen LogP contribution is 2.26. The fourth-order valence-electron chi connectivity index (χ4n) is 1.82. The Labute approximate surface area is 115 Å². The zero-order chi connectivity index (χ0) is 13.3. The summed E-state index contributed by atoms with van der Waals surface area (Å²) in [7, 11) is 5.85. The van der Waals surface area contributed by atoms with E-state index in [0.717, 1.165) is 16.9 Å². The molecule has 0 fully saturated rings.